The summed E-state index contributed by atoms with van der Waals surface area (Å²) in [5.74, 6) is -1.22. The number of aromatic amines is 1. The fourth-order valence-corrected chi connectivity index (χ4v) is 1.21. The van der Waals surface area contributed by atoms with Gasteiger partial charge in [0.1, 0.15) is 0 Å². The van der Waals surface area contributed by atoms with Crippen LogP contribution in [-0.2, 0) is 4.79 Å². The highest BCUT2D eigenvalue weighted by Crippen LogP contribution is 2.20. The van der Waals surface area contributed by atoms with Gasteiger partial charge < -0.3 is 15.2 Å². The summed E-state index contributed by atoms with van der Waals surface area (Å²) in [4.78, 5) is 13.3. The van der Waals surface area contributed by atoms with Crippen molar-refractivity contribution in [1.29, 1.82) is 0 Å². The number of carboxylic acids is 1. The first-order chi connectivity index (χ1) is 5.54. The summed E-state index contributed by atoms with van der Waals surface area (Å²) in [6.07, 6.45) is 0.257. The molecule has 0 bridgehead atoms. The largest absolute Gasteiger partial charge is 0.479 e. The lowest BCUT2D eigenvalue weighted by molar-refractivity contribution is -0.147. The Hall–Kier alpha value is -1.29. The van der Waals surface area contributed by atoms with Crippen LogP contribution in [0.3, 0.4) is 0 Å². The number of carbonyl (C=O) groups is 1. The van der Waals surface area contributed by atoms with Gasteiger partial charge in [-0.25, -0.2) is 4.79 Å². The fourth-order valence-electron chi connectivity index (χ4n) is 1.21. The van der Waals surface area contributed by atoms with Crippen molar-refractivity contribution in [3.8, 4) is 0 Å². The van der Waals surface area contributed by atoms with E-state index in [2.05, 4.69) is 4.98 Å². The Balaban J connectivity index is 3.08. The molecular weight excluding hydrogens is 158 g/mol. The van der Waals surface area contributed by atoms with Crippen molar-refractivity contribution in [2.75, 3.05) is 0 Å². The van der Waals surface area contributed by atoms with E-state index in [9.17, 15) is 9.90 Å². The molecule has 4 heteroatoms. The van der Waals surface area contributed by atoms with E-state index >= 15 is 0 Å². The van der Waals surface area contributed by atoms with Crippen molar-refractivity contribution < 1.29 is 15.0 Å². The predicted molar refractivity (Wildman–Crippen MR) is 42.9 cm³/mol. The Labute approximate surface area is 69.9 Å². The molecular formula is C8H11NO3. The highest BCUT2D eigenvalue weighted by atomic mass is 16.4. The third kappa shape index (κ3) is 1.33. The van der Waals surface area contributed by atoms with Gasteiger partial charge in [0.05, 0.1) is 0 Å². The molecule has 1 aromatic heterocycles. The Kier molecular flexibility index (Phi) is 2.19. The number of carboxylic acid groups (broad SMARTS) is 1. The SMILES string of the molecule is Cc1c[nH]c(C)c1C(O)C(=O)O. The van der Waals surface area contributed by atoms with Gasteiger partial charge in [-0.3, -0.25) is 0 Å². The van der Waals surface area contributed by atoms with E-state index in [-0.39, 0.29) is 0 Å². The number of H-pyrrole nitrogens is 1. The van der Waals surface area contributed by atoms with Crippen molar-refractivity contribution in [3.63, 3.8) is 0 Å². The second-order valence-corrected chi connectivity index (χ2v) is 2.75. The second-order valence-electron chi connectivity index (χ2n) is 2.75. The number of aliphatic carboxylic acids is 1. The van der Waals surface area contributed by atoms with E-state index in [4.69, 9.17) is 5.11 Å². The summed E-state index contributed by atoms with van der Waals surface area (Å²) in [5.41, 5.74) is 1.92. The molecule has 0 fully saturated rings. The molecule has 0 saturated carbocycles. The van der Waals surface area contributed by atoms with Crippen LogP contribution in [0.15, 0.2) is 6.20 Å². The molecule has 0 saturated heterocycles. The van der Waals surface area contributed by atoms with E-state index in [1.165, 1.54) is 0 Å². The van der Waals surface area contributed by atoms with E-state index in [0.29, 0.717) is 11.3 Å². The first-order valence-electron chi connectivity index (χ1n) is 3.59. The number of nitrogens with one attached hydrogen (secondary N) is 1. The first-order valence-corrected chi connectivity index (χ1v) is 3.59. The Morgan fingerprint density at radius 2 is 2.17 bits per heavy atom. The number of aliphatic hydroxyl groups excluding tert-OH is 1. The molecule has 0 aromatic carbocycles. The smallest absolute Gasteiger partial charge is 0.337 e. The molecule has 1 unspecified atom stereocenters. The van der Waals surface area contributed by atoms with Gasteiger partial charge in [-0.05, 0) is 19.4 Å². The van der Waals surface area contributed by atoms with Crippen molar-refractivity contribution >= 4 is 5.97 Å². The molecule has 0 aliphatic rings. The van der Waals surface area contributed by atoms with E-state index in [1.54, 1.807) is 20.0 Å². The zero-order valence-corrected chi connectivity index (χ0v) is 6.96. The zero-order valence-electron chi connectivity index (χ0n) is 6.96. The minimum Gasteiger partial charge on any atom is -0.479 e. The van der Waals surface area contributed by atoms with E-state index < -0.39 is 12.1 Å². The lowest BCUT2D eigenvalue weighted by Crippen LogP contribution is -2.11. The maximum atomic E-state index is 10.4. The van der Waals surface area contributed by atoms with Crippen LogP contribution < -0.4 is 0 Å². The molecule has 1 aromatic rings. The minimum absolute atomic E-state index is 0.461. The van der Waals surface area contributed by atoms with Crippen LogP contribution in [0.4, 0.5) is 0 Å². The molecule has 0 amide bonds. The summed E-state index contributed by atoms with van der Waals surface area (Å²) < 4.78 is 0. The van der Waals surface area contributed by atoms with Gasteiger partial charge >= 0.3 is 5.97 Å². The van der Waals surface area contributed by atoms with Crippen LogP contribution in [0.25, 0.3) is 0 Å². The number of aryl methyl sites for hydroxylation is 2. The maximum Gasteiger partial charge on any atom is 0.337 e. The van der Waals surface area contributed by atoms with Crippen LogP contribution in [-0.4, -0.2) is 21.2 Å². The first kappa shape index (κ1) is 8.80. The molecule has 1 heterocycles. The summed E-state index contributed by atoms with van der Waals surface area (Å²) >= 11 is 0. The average molecular weight is 169 g/mol. The summed E-state index contributed by atoms with van der Waals surface area (Å²) in [6.45, 7) is 3.49. The van der Waals surface area contributed by atoms with Gasteiger partial charge in [0.2, 0.25) is 0 Å². The van der Waals surface area contributed by atoms with Gasteiger partial charge in [0.25, 0.3) is 0 Å². The Morgan fingerprint density at radius 3 is 2.50 bits per heavy atom. The quantitative estimate of drug-likeness (QED) is 0.611. The molecule has 0 radical (unpaired) electrons. The number of rotatable bonds is 2. The third-order valence-corrected chi connectivity index (χ3v) is 1.84. The highest BCUT2D eigenvalue weighted by molar-refractivity contribution is 5.75. The van der Waals surface area contributed by atoms with E-state index in [0.717, 1.165) is 5.56 Å². The van der Waals surface area contributed by atoms with Crippen molar-refractivity contribution in [2.45, 2.75) is 20.0 Å². The van der Waals surface area contributed by atoms with Gasteiger partial charge in [-0.15, -0.1) is 0 Å². The molecule has 1 rings (SSSR count). The van der Waals surface area contributed by atoms with Gasteiger partial charge in [-0.1, -0.05) is 0 Å². The Morgan fingerprint density at radius 1 is 1.58 bits per heavy atom. The van der Waals surface area contributed by atoms with Crippen LogP contribution in [0.1, 0.15) is 22.9 Å². The molecule has 12 heavy (non-hydrogen) atoms. The number of aromatic nitrogens is 1. The van der Waals surface area contributed by atoms with Crippen LogP contribution >= 0.6 is 0 Å². The third-order valence-electron chi connectivity index (χ3n) is 1.84. The molecule has 0 aliphatic carbocycles. The Bertz CT molecular complexity index is 284. The zero-order chi connectivity index (χ0) is 9.30. The molecule has 4 nitrogen and oxygen atoms in total. The normalized spacial score (nSPS) is 12.9. The molecule has 1 atom stereocenters. The molecule has 0 spiro atoms. The summed E-state index contributed by atoms with van der Waals surface area (Å²) in [7, 11) is 0. The number of hydrogen-bond donors (Lipinski definition) is 3. The lowest BCUT2D eigenvalue weighted by atomic mass is 10.1. The predicted octanol–water partition coefficient (Wildman–Crippen LogP) is 0.750. The van der Waals surface area contributed by atoms with Crippen LogP contribution in [0.2, 0.25) is 0 Å². The second kappa shape index (κ2) is 2.98. The van der Waals surface area contributed by atoms with Crippen molar-refractivity contribution in [2.24, 2.45) is 0 Å². The van der Waals surface area contributed by atoms with Crippen molar-refractivity contribution in [3.05, 3.63) is 23.0 Å². The standard InChI is InChI=1S/C8H11NO3/c1-4-3-9-5(2)6(4)7(10)8(11)12/h3,7,9-10H,1-2H3,(H,11,12). The lowest BCUT2D eigenvalue weighted by Gasteiger charge is -2.05. The number of hydrogen-bond acceptors (Lipinski definition) is 2. The topological polar surface area (TPSA) is 73.3 Å². The van der Waals surface area contributed by atoms with Crippen LogP contribution in [0.5, 0.6) is 0 Å². The van der Waals surface area contributed by atoms with Gasteiger partial charge in [0, 0.05) is 17.5 Å². The highest BCUT2D eigenvalue weighted by Gasteiger charge is 2.20. The monoisotopic (exact) mass is 169 g/mol. The summed E-state index contributed by atoms with van der Waals surface area (Å²) in [5, 5.41) is 17.8. The minimum atomic E-state index is -1.42. The van der Waals surface area contributed by atoms with Gasteiger partial charge in [-0.2, -0.15) is 0 Å². The van der Waals surface area contributed by atoms with Crippen LogP contribution in [0, 0.1) is 13.8 Å². The molecule has 0 aliphatic heterocycles. The van der Waals surface area contributed by atoms with E-state index in [1.807, 2.05) is 0 Å². The number of aliphatic hydroxyl groups is 1. The van der Waals surface area contributed by atoms with Gasteiger partial charge in [0.15, 0.2) is 6.10 Å². The molecule has 66 valence electrons. The molecule has 3 N–H and O–H groups in total. The average Bonchev–Trinajstić information content (AvgIpc) is 2.30. The maximum absolute atomic E-state index is 10.4. The fraction of sp³-hybridized carbons (Fsp3) is 0.375. The van der Waals surface area contributed by atoms with Crippen molar-refractivity contribution in [1.82, 2.24) is 4.98 Å². The summed E-state index contributed by atoms with van der Waals surface area (Å²) in [6, 6.07) is 0.